The zero-order valence-electron chi connectivity index (χ0n) is 17.0. The Morgan fingerprint density at radius 2 is 1.71 bits per heavy atom. The average molecular weight is 456 g/mol. The van der Waals surface area contributed by atoms with Crippen LogP contribution in [-0.4, -0.2) is 43.9 Å². The zero-order valence-corrected chi connectivity index (χ0v) is 17.8. The first-order valence-electron chi connectivity index (χ1n) is 9.67. The summed E-state index contributed by atoms with van der Waals surface area (Å²) in [5.41, 5.74) is -0.143. The average Bonchev–Trinajstić information content (AvgIpc) is 2.71. The molecule has 0 aliphatic carbocycles. The van der Waals surface area contributed by atoms with Crippen molar-refractivity contribution in [2.24, 2.45) is 0 Å². The predicted octanol–water partition coefficient (Wildman–Crippen LogP) is 3.43. The third kappa shape index (κ3) is 5.63. The molecule has 1 heterocycles. The Morgan fingerprint density at radius 1 is 1.10 bits per heavy atom. The van der Waals surface area contributed by atoms with E-state index < -0.39 is 27.7 Å². The van der Waals surface area contributed by atoms with Crippen LogP contribution >= 0.6 is 0 Å². The molecular weight excluding hydrogens is 433 g/mol. The van der Waals surface area contributed by atoms with E-state index >= 15 is 0 Å². The molecule has 0 radical (unpaired) electrons. The van der Waals surface area contributed by atoms with E-state index in [0.717, 1.165) is 12.1 Å². The van der Waals surface area contributed by atoms with Crippen molar-refractivity contribution in [2.45, 2.75) is 43.7 Å². The normalized spacial score (nSPS) is 20.4. The highest BCUT2D eigenvalue weighted by atomic mass is 32.2. The number of nitrogens with one attached hydrogen (secondary N) is 1. The Kier molecular flexibility index (Phi) is 6.73. The summed E-state index contributed by atoms with van der Waals surface area (Å²) in [7, 11) is -3.80. The van der Waals surface area contributed by atoms with Gasteiger partial charge in [-0.1, -0.05) is 18.2 Å². The molecule has 1 saturated heterocycles. The van der Waals surface area contributed by atoms with Gasteiger partial charge < -0.3 is 10.1 Å². The molecular formula is C21H23F3N2O4S. The highest BCUT2D eigenvalue weighted by Gasteiger charge is 2.32. The zero-order chi connectivity index (χ0) is 22.8. The van der Waals surface area contributed by atoms with Crippen molar-refractivity contribution in [1.29, 1.82) is 0 Å². The first-order valence-corrected chi connectivity index (χ1v) is 11.1. The third-order valence-electron chi connectivity index (χ3n) is 4.85. The van der Waals surface area contributed by atoms with Gasteiger partial charge in [-0.2, -0.15) is 17.5 Å². The molecule has 1 N–H and O–H groups in total. The SMILES string of the molecule is C[C@@H]1CN(S(=O)(=O)c2cccc(C(=O)NCc3ccc(C(F)(F)F)cc3)c2)C[C@@H](C)O1. The van der Waals surface area contributed by atoms with Gasteiger partial charge in [0.05, 0.1) is 22.7 Å². The lowest BCUT2D eigenvalue weighted by atomic mass is 10.1. The summed E-state index contributed by atoms with van der Waals surface area (Å²) >= 11 is 0. The molecule has 2 aromatic carbocycles. The molecule has 0 spiro atoms. The Hall–Kier alpha value is -2.43. The molecule has 6 nitrogen and oxygen atoms in total. The maximum atomic E-state index is 13.0. The topological polar surface area (TPSA) is 75.7 Å². The number of hydrogen-bond donors (Lipinski definition) is 1. The van der Waals surface area contributed by atoms with Crippen molar-refractivity contribution in [2.75, 3.05) is 13.1 Å². The highest BCUT2D eigenvalue weighted by molar-refractivity contribution is 7.89. The van der Waals surface area contributed by atoms with Crippen LogP contribution in [0.2, 0.25) is 0 Å². The van der Waals surface area contributed by atoms with E-state index in [0.29, 0.717) is 5.56 Å². The lowest BCUT2D eigenvalue weighted by molar-refractivity contribution is -0.137. The van der Waals surface area contributed by atoms with Gasteiger partial charge in [-0.25, -0.2) is 8.42 Å². The monoisotopic (exact) mass is 456 g/mol. The lowest BCUT2D eigenvalue weighted by Crippen LogP contribution is -2.48. The first-order chi connectivity index (χ1) is 14.5. The molecule has 2 atom stereocenters. The van der Waals surface area contributed by atoms with Crippen LogP contribution in [0.15, 0.2) is 53.4 Å². The number of amides is 1. The molecule has 3 rings (SSSR count). The van der Waals surface area contributed by atoms with Crippen LogP contribution in [0.5, 0.6) is 0 Å². The molecule has 1 fully saturated rings. The molecule has 0 aromatic heterocycles. The van der Waals surface area contributed by atoms with Crippen LogP contribution in [0.25, 0.3) is 0 Å². The van der Waals surface area contributed by atoms with Crippen LogP contribution in [0.1, 0.15) is 35.3 Å². The van der Waals surface area contributed by atoms with Gasteiger partial charge in [-0.05, 0) is 49.7 Å². The fourth-order valence-electron chi connectivity index (χ4n) is 3.37. The van der Waals surface area contributed by atoms with Crippen molar-refractivity contribution in [3.8, 4) is 0 Å². The molecule has 168 valence electrons. The van der Waals surface area contributed by atoms with Gasteiger partial charge in [0.15, 0.2) is 0 Å². The Bertz CT molecular complexity index is 1030. The number of alkyl halides is 3. The minimum Gasteiger partial charge on any atom is -0.373 e. The molecule has 0 unspecified atom stereocenters. The van der Waals surface area contributed by atoms with Crippen molar-refractivity contribution in [3.05, 3.63) is 65.2 Å². The van der Waals surface area contributed by atoms with Crippen LogP contribution in [0.3, 0.4) is 0 Å². The van der Waals surface area contributed by atoms with Gasteiger partial charge in [-0.3, -0.25) is 4.79 Å². The first kappa shape index (κ1) is 23.2. The minimum absolute atomic E-state index is 0.00372. The van der Waals surface area contributed by atoms with Crippen molar-refractivity contribution in [1.82, 2.24) is 9.62 Å². The van der Waals surface area contributed by atoms with Gasteiger partial charge >= 0.3 is 6.18 Å². The standard InChI is InChI=1S/C21H23F3N2O4S/c1-14-12-26(13-15(2)30-14)31(28,29)19-5-3-4-17(10-19)20(27)25-11-16-6-8-18(9-7-16)21(22,23)24/h3-10,14-15H,11-13H2,1-2H3,(H,25,27)/t14-,15-/m1/s1. The predicted molar refractivity (Wildman–Crippen MR) is 108 cm³/mol. The van der Waals surface area contributed by atoms with Gasteiger partial charge in [0.1, 0.15) is 0 Å². The van der Waals surface area contributed by atoms with E-state index in [1.54, 1.807) is 13.8 Å². The second kappa shape index (κ2) is 8.97. The van der Waals surface area contributed by atoms with Crippen LogP contribution in [-0.2, 0) is 27.5 Å². The van der Waals surface area contributed by atoms with E-state index in [9.17, 15) is 26.4 Å². The number of ether oxygens (including phenoxy) is 1. The summed E-state index contributed by atoms with van der Waals surface area (Å²) in [4.78, 5) is 12.5. The molecule has 1 aliphatic rings. The number of carbonyl (C=O) groups is 1. The van der Waals surface area contributed by atoms with E-state index in [-0.39, 0.29) is 42.3 Å². The molecule has 2 aromatic rings. The summed E-state index contributed by atoms with van der Waals surface area (Å²) in [5, 5.41) is 2.60. The number of morpholine rings is 1. The maximum absolute atomic E-state index is 13.0. The second-order valence-electron chi connectivity index (χ2n) is 7.48. The number of rotatable bonds is 5. The number of sulfonamides is 1. The number of benzene rings is 2. The van der Waals surface area contributed by atoms with E-state index in [4.69, 9.17) is 4.74 Å². The highest BCUT2D eigenvalue weighted by Crippen LogP contribution is 2.29. The summed E-state index contributed by atoms with van der Waals surface area (Å²) in [6, 6.07) is 10.1. The molecule has 31 heavy (non-hydrogen) atoms. The van der Waals surface area contributed by atoms with Crippen molar-refractivity contribution >= 4 is 15.9 Å². The van der Waals surface area contributed by atoms with Crippen molar-refractivity contribution < 1.29 is 31.1 Å². The number of nitrogens with zero attached hydrogens (tertiary/aromatic N) is 1. The lowest BCUT2D eigenvalue weighted by Gasteiger charge is -2.34. The van der Waals surface area contributed by atoms with Crippen molar-refractivity contribution in [3.63, 3.8) is 0 Å². The van der Waals surface area contributed by atoms with Gasteiger partial charge in [0.25, 0.3) is 5.91 Å². The Morgan fingerprint density at radius 3 is 2.29 bits per heavy atom. The van der Waals surface area contributed by atoms with Gasteiger partial charge in [-0.15, -0.1) is 0 Å². The molecule has 10 heteroatoms. The van der Waals surface area contributed by atoms with Crippen LogP contribution in [0.4, 0.5) is 13.2 Å². The Balaban J connectivity index is 1.70. The summed E-state index contributed by atoms with van der Waals surface area (Å²) in [6.07, 6.45) is -4.91. The number of halogens is 3. The van der Waals surface area contributed by atoms with Crippen LogP contribution < -0.4 is 5.32 Å². The summed E-state index contributed by atoms with van der Waals surface area (Å²) in [6.45, 7) is 4.03. The second-order valence-corrected chi connectivity index (χ2v) is 9.42. The summed E-state index contributed by atoms with van der Waals surface area (Å²) in [5.74, 6) is -0.527. The van der Waals surface area contributed by atoms with E-state index in [1.807, 2.05) is 0 Å². The fraction of sp³-hybridized carbons (Fsp3) is 0.381. The third-order valence-corrected chi connectivity index (χ3v) is 6.68. The summed E-state index contributed by atoms with van der Waals surface area (Å²) < 4.78 is 70.8. The van der Waals surface area contributed by atoms with Gasteiger partial charge in [0.2, 0.25) is 10.0 Å². The number of carbonyl (C=O) groups excluding carboxylic acids is 1. The molecule has 1 amide bonds. The quantitative estimate of drug-likeness (QED) is 0.748. The molecule has 0 saturated carbocycles. The molecule has 1 aliphatic heterocycles. The van der Waals surface area contributed by atoms with E-state index in [2.05, 4.69) is 5.32 Å². The van der Waals surface area contributed by atoms with Crippen LogP contribution in [0, 0.1) is 0 Å². The fourth-order valence-corrected chi connectivity index (χ4v) is 5.01. The largest absolute Gasteiger partial charge is 0.416 e. The van der Waals surface area contributed by atoms with E-state index in [1.165, 1.54) is 40.7 Å². The number of hydrogen-bond acceptors (Lipinski definition) is 4. The smallest absolute Gasteiger partial charge is 0.373 e. The maximum Gasteiger partial charge on any atom is 0.416 e. The minimum atomic E-state index is -4.43. The molecule has 0 bridgehead atoms. The Labute approximate surface area is 179 Å². The van der Waals surface area contributed by atoms with Gasteiger partial charge in [0, 0.05) is 25.2 Å².